The molecule has 2 nitrogen and oxygen atoms in total. The molecular weight excluding hydrogens is 841 g/mol. The lowest BCUT2D eigenvalue weighted by molar-refractivity contribution is 1.28. The Balaban J connectivity index is 0.856. The molecule has 2 heterocycles. The minimum Gasteiger partial charge on any atom is -0.311 e. The number of benzene rings is 12. The van der Waals surface area contributed by atoms with Gasteiger partial charge in [-0.1, -0.05) is 176 Å². The Morgan fingerprint density at radius 1 is 0.250 bits per heavy atom. The minimum atomic E-state index is 0.975. The molecule has 0 atom stereocenters. The number of fused-ring (bicyclic) bond motifs is 15. The summed E-state index contributed by atoms with van der Waals surface area (Å²) in [6.07, 6.45) is 0. The Morgan fingerprint density at radius 2 is 0.574 bits per heavy atom. The fourth-order valence-corrected chi connectivity index (χ4v) is 11.8. The van der Waals surface area contributed by atoms with Crippen LogP contribution in [0.15, 0.2) is 243 Å². The molecule has 0 saturated heterocycles. The number of anilines is 3. The van der Waals surface area contributed by atoms with Crippen molar-refractivity contribution in [3.8, 4) is 33.5 Å². The number of thiophene rings is 1. The van der Waals surface area contributed by atoms with Gasteiger partial charge in [-0.05, 0) is 154 Å². The van der Waals surface area contributed by atoms with E-state index in [2.05, 4.69) is 248 Å². The first-order chi connectivity index (χ1) is 33.7. The van der Waals surface area contributed by atoms with E-state index in [0.29, 0.717) is 0 Å². The summed E-state index contributed by atoms with van der Waals surface area (Å²) in [6.45, 7) is 0. The van der Waals surface area contributed by atoms with E-state index in [-0.39, 0.29) is 0 Å². The topological polar surface area (TPSA) is 16.1 Å². The van der Waals surface area contributed by atoms with E-state index in [0.717, 1.165) is 33.1 Å². The second-order valence-electron chi connectivity index (χ2n) is 17.8. The molecule has 0 N–H and O–H groups in total. The number of pyridine rings is 1. The van der Waals surface area contributed by atoms with Crippen LogP contribution in [-0.4, -0.2) is 4.98 Å². The molecule has 2 aromatic heterocycles. The number of hydrogen-bond acceptors (Lipinski definition) is 3. The normalized spacial score (nSPS) is 11.8. The van der Waals surface area contributed by atoms with Crippen LogP contribution in [-0.2, 0) is 0 Å². The maximum atomic E-state index is 5.16. The van der Waals surface area contributed by atoms with Crippen LogP contribution in [0, 0.1) is 0 Å². The van der Waals surface area contributed by atoms with Crippen LogP contribution >= 0.6 is 11.3 Å². The van der Waals surface area contributed by atoms with Crippen molar-refractivity contribution in [1.82, 2.24) is 4.98 Å². The lowest BCUT2D eigenvalue weighted by Gasteiger charge is -2.26. The number of nitrogens with zero attached hydrogens (tertiary/aromatic N) is 2. The number of rotatable bonds is 6. The highest BCUT2D eigenvalue weighted by Crippen LogP contribution is 2.42. The highest BCUT2D eigenvalue weighted by Gasteiger charge is 2.17. The first-order valence-corrected chi connectivity index (χ1v) is 24.1. The molecule has 14 rings (SSSR count). The Hall–Kier alpha value is -8.63. The van der Waals surface area contributed by atoms with Crippen molar-refractivity contribution in [2.24, 2.45) is 0 Å². The molecule has 0 aliphatic heterocycles. The molecule has 0 amide bonds. The van der Waals surface area contributed by atoms with Gasteiger partial charge in [-0.2, -0.15) is 0 Å². The molecule has 0 saturated carbocycles. The van der Waals surface area contributed by atoms with E-state index in [1.54, 1.807) is 11.3 Å². The Bertz CT molecular complexity index is 4030. The van der Waals surface area contributed by atoms with Gasteiger partial charge in [0.15, 0.2) is 0 Å². The first-order valence-electron chi connectivity index (χ1n) is 23.3. The van der Waals surface area contributed by atoms with Crippen LogP contribution in [0.2, 0.25) is 0 Å². The molecule has 0 aliphatic rings. The van der Waals surface area contributed by atoms with Crippen molar-refractivity contribution < 1.29 is 0 Å². The van der Waals surface area contributed by atoms with Crippen LogP contribution in [0.4, 0.5) is 17.1 Å². The van der Waals surface area contributed by atoms with Gasteiger partial charge in [-0.15, -0.1) is 11.3 Å². The fourth-order valence-electron chi connectivity index (χ4n) is 10.8. The van der Waals surface area contributed by atoms with Gasteiger partial charge in [-0.25, -0.2) is 4.98 Å². The van der Waals surface area contributed by atoms with Gasteiger partial charge in [0, 0.05) is 38.1 Å². The van der Waals surface area contributed by atoms with Crippen LogP contribution in [0.1, 0.15) is 0 Å². The molecule has 3 heteroatoms. The molecular formula is C65H40N2S. The Kier molecular flexibility index (Phi) is 8.80. The quantitative estimate of drug-likeness (QED) is 0.155. The van der Waals surface area contributed by atoms with E-state index in [1.165, 1.54) is 102 Å². The van der Waals surface area contributed by atoms with Gasteiger partial charge in [0.1, 0.15) is 4.83 Å². The maximum absolute atomic E-state index is 5.16. The number of hydrogen-bond donors (Lipinski definition) is 0. The Labute approximate surface area is 397 Å². The van der Waals surface area contributed by atoms with Crippen molar-refractivity contribution >= 4 is 113 Å². The summed E-state index contributed by atoms with van der Waals surface area (Å²) in [6, 6.07) is 89.0. The van der Waals surface area contributed by atoms with E-state index in [1.807, 2.05) is 0 Å². The van der Waals surface area contributed by atoms with E-state index >= 15 is 0 Å². The minimum absolute atomic E-state index is 0.975. The number of aromatic nitrogens is 1. The zero-order valence-electron chi connectivity index (χ0n) is 36.9. The molecule has 0 bridgehead atoms. The fraction of sp³-hybridized carbons (Fsp3) is 0. The van der Waals surface area contributed by atoms with Crippen LogP contribution in [0.3, 0.4) is 0 Å². The van der Waals surface area contributed by atoms with Gasteiger partial charge in [0.2, 0.25) is 0 Å². The average Bonchev–Trinajstić information content (AvgIpc) is 3.79. The maximum Gasteiger partial charge on any atom is 0.125 e. The summed E-state index contributed by atoms with van der Waals surface area (Å²) in [5.74, 6) is 0. The highest BCUT2D eigenvalue weighted by atomic mass is 32.1. The lowest BCUT2D eigenvalue weighted by atomic mass is 9.92. The van der Waals surface area contributed by atoms with Crippen LogP contribution in [0.5, 0.6) is 0 Å². The van der Waals surface area contributed by atoms with E-state index in [9.17, 15) is 0 Å². The van der Waals surface area contributed by atoms with Crippen molar-refractivity contribution in [1.29, 1.82) is 0 Å². The predicted molar refractivity (Wildman–Crippen MR) is 293 cm³/mol. The molecule has 0 aliphatic carbocycles. The van der Waals surface area contributed by atoms with E-state index in [4.69, 9.17) is 4.98 Å². The van der Waals surface area contributed by atoms with Gasteiger partial charge in [-0.3, -0.25) is 0 Å². The van der Waals surface area contributed by atoms with Gasteiger partial charge in [0.25, 0.3) is 0 Å². The summed E-state index contributed by atoms with van der Waals surface area (Å²) in [4.78, 5) is 8.58. The zero-order chi connectivity index (χ0) is 44.7. The van der Waals surface area contributed by atoms with Crippen molar-refractivity contribution in [2.45, 2.75) is 0 Å². The van der Waals surface area contributed by atoms with Gasteiger partial charge in [0.05, 0.1) is 5.69 Å². The molecule has 0 unspecified atom stereocenters. The summed E-state index contributed by atoms with van der Waals surface area (Å²) >= 11 is 1.75. The third-order valence-electron chi connectivity index (χ3n) is 14.1. The third-order valence-corrected chi connectivity index (χ3v) is 15.2. The molecule has 12 aromatic carbocycles. The summed E-state index contributed by atoms with van der Waals surface area (Å²) in [5, 5.41) is 17.9. The molecule has 316 valence electrons. The highest BCUT2D eigenvalue weighted by molar-refractivity contribution is 7.25. The smallest absolute Gasteiger partial charge is 0.125 e. The largest absolute Gasteiger partial charge is 0.311 e. The lowest BCUT2D eigenvalue weighted by Crippen LogP contribution is -2.09. The molecule has 0 fully saturated rings. The predicted octanol–water partition coefficient (Wildman–Crippen LogP) is 18.8. The van der Waals surface area contributed by atoms with E-state index < -0.39 is 0 Å². The molecule has 0 radical (unpaired) electrons. The molecule has 14 aromatic rings. The van der Waals surface area contributed by atoms with Gasteiger partial charge < -0.3 is 4.90 Å². The monoisotopic (exact) mass is 880 g/mol. The molecule has 0 spiro atoms. The van der Waals surface area contributed by atoms with Crippen molar-refractivity contribution in [3.05, 3.63) is 243 Å². The summed E-state index contributed by atoms with van der Waals surface area (Å²) in [5.41, 5.74) is 10.1. The average molecular weight is 881 g/mol. The van der Waals surface area contributed by atoms with Crippen molar-refractivity contribution in [2.75, 3.05) is 4.90 Å². The summed E-state index contributed by atoms with van der Waals surface area (Å²) < 4.78 is 1.26. The second kappa shape index (κ2) is 15.5. The second-order valence-corrected chi connectivity index (χ2v) is 18.9. The van der Waals surface area contributed by atoms with Crippen molar-refractivity contribution in [3.63, 3.8) is 0 Å². The SMILES string of the molecule is c1ccc2c(c1)sc1nc(-c3ccc(N(c4ccc(-c5ccc6c7ccccc7c7ccccc7c6c5)cc4)c4ccc(-c5ccc6c7ccccc7c7ccccc7c6c5)cc4)cc3)ccc12. The third kappa shape index (κ3) is 6.21. The zero-order valence-corrected chi connectivity index (χ0v) is 37.7. The standard InChI is InChI=1S/C65H40N2S/c1-3-15-53-49(11-1)51-13-5-7-17-55(51)61-39-44(27-35-57(53)61)41-21-29-46(30-22-41)67(48-33-25-43(26-34-48)63-38-37-60-59-19-9-10-20-64(59)68-65(60)66-63)47-31-23-42(24-32-47)45-28-36-58-54-16-4-2-12-50(54)52-14-6-8-18-56(52)62(58)40-45/h1-40H. The summed E-state index contributed by atoms with van der Waals surface area (Å²) in [7, 11) is 0. The van der Waals surface area contributed by atoms with Crippen LogP contribution in [0.25, 0.3) is 118 Å². The van der Waals surface area contributed by atoms with Gasteiger partial charge >= 0.3 is 0 Å². The first kappa shape index (κ1) is 38.6. The Morgan fingerprint density at radius 3 is 1.00 bits per heavy atom. The molecule has 68 heavy (non-hydrogen) atoms. The van der Waals surface area contributed by atoms with Crippen LogP contribution < -0.4 is 4.90 Å².